The molecule has 29 heavy (non-hydrogen) atoms. The van der Waals surface area contributed by atoms with E-state index < -0.39 is 5.60 Å². The van der Waals surface area contributed by atoms with Crippen molar-refractivity contribution in [1.82, 2.24) is 19.4 Å². The van der Waals surface area contributed by atoms with Crippen molar-refractivity contribution in [2.24, 2.45) is 0 Å². The second kappa shape index (κ2) is 8.55. The number of methoxy groups -OCH3 is 2. The third-order valence-electron chi connectivity index (χ3n) is 5.28. The molecule has 10 heteroatoms. The lowest BCUT2D eigenvalue weighted by Gasteiger charge is -2.24. The molecule has 0 unspecified atom stereocenters. The minimum absolute atomic E-state index is 0.175. The summed E-state index contributed by atoms with van der Waals surface area (Å²) in [6, 6.07) is 0. The lowest BCUT2D eigenvalue weighted by atomic mass is 10.1. The van der Waals surface area contributed by atoms with Gasteiger partial charge in [0.2, 0.25) is 0 Å². The molecule has 0 saturated carbocycles. The van der Waals surface area contributed by atoms with Crippen molar-refractivity contribution in [1.29, 1.82) is 0 Å². The number of aromatic nitrogens is 2. The zero-order valence-corrected chi connectivity index (χ0v) is 19.2. The summed E-state index contributed by atoms with van der Waals surface area (Å²) in [7, 11) is 3.17. The summed E-state index contributed by atoms with van der Waals surface area (Å²) in [6.07, 6.45) is 0. The summed E-state index contributed by atoms with van der Waals surface area (Å²) in [6.45, 7) is 8.86. The number of aryl methyl sites for hydroxylation is 1. The van der Waals surface area contributed by atoms with Crippen LogP contribution < -0.4 is 16.6 Å². The second-order valence-corrected chi connectivity index (χ2v) is 9.24. The van der Waals surface area contributed by atoms with Crippen LogP contribution in [0, 0.1) is 6.92 Å². The van der Waals surface area contributed by atoms with Gasteiger partial charge in [0.15, 0.2) is 5.11 Å². The maximum atomic E-state index is 13.3. The molecule has 1 saturated heterocycles. The summed E-state index contributed by atoms with van der Waals surface area (Å²) in [4.78, 5) is 30.3. The molecule has 8 nitrogen and oxygen atoms in total. The first kappa shape index (κ1) is 21.9. The molecule has 0 aliphatic carbocycles. The molecule has 0 bridgehead atoms. The molecule has 160 valence electrons. The van der Waals surface area contributed by atoms with Crippen LogP contribution in [0.5, 0.6) is 0 Å². The smallest absolute Gasteiger partial charge is 0.332 e. The number of fused-ring (bicyclic) bond motifs is 1. The van der Waals surface area contributed by atoms with E-state index in [0.29, 0.717) is 29.9 Å². The third-order valence-corrected chi connectivity index (χ3v) is 6.99. The quantitative estimate of drug-likeness (QED) is 0.620. The van der Waals surface area contributed by atoms with E-state index in [9.17, 15) is 9.59 Å². The van der Waals surface area contributed by atoms with Gasteiger partial charge >= 0.3 is 5.69 Å². The molecule has 1 N–H and O–H groups in total. The minimum Gasteiger partial charge on any atom is -0.383 e. The molecule has 0 spiro atoms. The first-order valence-corrected chi connectivity index (χ1v) is 10.7. The average Bonchev–Trinajstić information content (AvgIpc) is 3.22. The molecule has 0 amide bonds. The molecule has 1 fully saturated rings. The summed E-state index contributed by atoms with van der Waals surface area (Å²) in [5.74, 6) is 0. The van der Waals surface area contributed by atoms with Gasteiger partial charge < -0.3 is 19.7 Å². The van der Waals surface area contributed by atoms with Crippen molar-refractivity contribution >= 4 is 38.9 Å². The van der Waals surface area contributed by atoms with Crippen molar-refractivity contribution in [3.8, 4) is 0 Å². The van der Waals surface area contributed by atoms with E-state index in [1.54, 1.807) is 18.8 Å². The Morgan fingerprint density at radius 1 is 1.24 bits per heavy atom. The zero-order chi connectivity index (χ0) is 21.3. The molecule has 0 atom stereocenters. The van der Waals surface area contributed by atoms with Crippen LogP contribution in [-0.2, 0) is 29.1 Å². The topological polar surface area (TPSA) is 77.7 Å². The molecule has 2 aromatic heterocycles. The Morgan fingerprint density at radius 3 is 2.55 bits per heavy atom. The number of hydrogen-bond donors (Lipinski definition) is 1. The summed E-state index contributed by atoms with van der Waals surface area (Å²) in [5, 5.41) is 4.46. The Morgan fingerprint density at radius 2 is 1.97 bits per heavy atom. The SMILES string of the molecule is COCCn1c(=O)n(CC(C)(C)OC)c(=O)c2c(C)c(CN3CCNC3=S)sc21. The van der Waals surface area contributed by atoms with Gasteiger partial charge in [-0.05, 0) is 38.6 Å². The van der Waals surface area contributed by atoms with Crippen molar-refractivity contribution in [2.75, 3.05) is 33.9 Å². The van der Waals surface area contributed by atoms with E-state index in [-0.39, 0.29) is 17.8 Å². The lowest BCUT2D eigenvalue weighted by Crippen LogP contribution is -2.45. The highest BCUT2D eigenvalue weighted by Crippen LogP contribution is 2.29. The molecule has 1 aliphatic heterocycles. The summed E-state index contributed by atoms with van der Waals surface area (Å²) in [5.41, 5.74) is -0.350. The van der Waals surface area contributed by atoms with Gasteiger partial charge in [-0.25, -0.2) is 4.79 Å². The largest absolute Gasteiger partial charge is 0.383 e. The normalized spacial score (nSPS) is 14.8. The number of ether oxygens (including phenoxy) is 2. The first-order valence-electron chi connectivity index (χ1n) is 9.52. The fraction of sp³-hybridized carbons (Fsp3) is 0.632. The zero-order valence-electron chi connectivity index (χ0n) is 17.5. The van der Waals surface area contributed by atoms with Gasteiger partial charge in [-0.15, -0.1) is 11.3 Å². The van der Waals surface area contributed by atoms with Gasteiger partial charge in [-0.1, -0.05) is 0 Å². The van der Waals surface area contributed by atoms with Gasteiger partial charge in [-0.3, -0.25) is 13.9 Å². The average molecular weight is 441 g/mol. The van der Waals surface area contributed by atoms with E-state index in [0.717, 1.165) is 28.6 Å². The van der Waals surface area contributed by atoms with Crippen LogP contribution in [0.1, 0.15) is 24.3 Å². The van der Waals surface area contributed by atoms with E-state index in [1.165, 1.54) is 15.9 Å². The molecule has 2 aromatic rings. The highest BCUT2D eigenvalue weighted by molar-refractivity contribution is 7.80. The molecule has 0 radical (unpaired) electrons. The van der Waals surface area contributed by atoms with Crippen LogP contribution in [0.3, 0.4) is 0 Å². The molecule has 3 heterocycles. The summed E-state index contributed by atoms with van der Waals surface area (Å²) < 4.78 is 13.6. The third kappa shape index (κ3) is 4.25. The maximum Gasteiger partial charge on any atom is 0.332 e. The van der Waals surface area contributed by atoms with Crippen LogP contribution in [0.25, 0.3) is 10.2 Å². The number of thiophene rings is 1. The number of thiocarbonyl (C=S) groups is 1. The van der Waals surface area contributed by atoms with E-state index in [2.05, 4.69) is 10.2 Å². The van der Waals surface area contributed by atoms with Crippen molar-refractivity contribution < 1.29 is 9.47 Å². The monoisotopic (exact) mass is 440 g/mol. The highest BCUT2D eigenvalue weighted by atomic mass is 32.1. The Balaban J connectivity index is 2.18. The highest BCUT2D eigenvalue weighted by Gasteiger charge is 2.26. The van der Waals surface area contributed by atoms with Crippen LogP contribution >= 0.6 is 23.6 Å². The molecule has 3 rings (SSSR count). The van der Waals surface area contributed by atoms with Crippen LogP contribution in [0.4, 0.5) is 0 Å². The van der Waals surface area contributed by atoms with Crippen molar-refractivity contribution in [2.45, 2.75) is 46.0 Å². The van der Waals surface area contributed by atoms with E-state index >= 15 is 0 Å². The molecule has 1 aliphatic rings. The predicted octanol–water partition coefficient (Wildman–Crippen LogP) is 1.29. The Hall–Kier alpha value is -1.75. The van der Waals surface area contributed by atoms with Gasteiger partial charge in [0.25, 0.3) is 5.56 Å². The van der Waals surface area contributed by atoms with Crippen molar-refractivity contribution in [3.63, 3.8) is 0 Å². The predicted molar refractivity (Wildman–Crippen MR) is 119 cm³/mol. The Kier molecular flexibility index (Phi) is 6.47. The maximum absolute atomic E-state index is 13.3. The number of nitrogens with zero attached hydrogens (tertiary/aromatic N) is 3. The van der Waals surface area contributed by atoms with Crippen molar-refractivity contribution in [3.05, 3.63) is 31.3 Å². The van der Waals surface area contributed by atoms with Gasteiger partial charge in [0.05, 0.1) is 37.2 Å². The number of hydrogen-bond acceptors (Lipinski definition) is 6. The number of nitrogens with one attached hydrogen (secondary N) is 1. The van der Waals surface area contributed by atoms with Crippen LogP contribution in [-0.4, -0.2) is 58.7 Å². The second-order valence-electron chi connectivity index (χ2n) is 7.77. The molecular formula is C19H28N4O4S2. The lowest BCUT2D eigenvalue weighted by molar-refractivity contribution is 0.00618. The van der Waals surface area contributed by atoms with E-state index in [4.69, 9.17) is 21.7 Å². The molecular weight excluding hydrogens is 412 g/mol. The van der Waals surface area contributed by atoms with Gasteiger partial charge in [0.1, 0.15) is 4.83 Å². The number of rotatable bonds is 8. The fourth-order valence-corrected chi connectivity index (χ4v) is 4.98. The van der Waals surface area contributed by atoms with Gasteiger partial charge in [-0.2, -0.15) is 0 Å². The summed E-state index contributed by atoms with van der Waals surface area (Å²) >= 11 is 6.84. The van der Waals surface area contributed by atoms with Crippen LogP contribution in [0.15, 0.2) is 9.59 Å². The first-order chi connectivity index (χ1) is 13.7. The molecule has 0 aromatic carbocycles. The minimum atomic E-state index is -0.643. The fourth-order valence-electron chi connectivity index (χ4n) is 3.39. The van der Waals surface area contributed by atoms with Crippen LogP contribution in [0.2, 0.25) is 0 Å². The van der Waals surface area contributed by atoms with Gasteiger partial charge in [0, 0.05) is 32.2 Å². The Labute approximate surface area is 179 Å². The standard InChI is InChI=1S/C19H28N4O4S2/c1-12-13(10-21-7-6-20-17(21)28)29-16-14(12)15(24)23(11-19(2,3)27-5)18(25)22(16)8-9-26-4/h6-11H2,1-5H3,(H,20,28). The Bertz CT molecular complexity index is 1040. The van der Waals surface area contributed by atoms with E-state index in [1.807, 2.05) is 20.8 Å².